The third-order valence-electron chi connectivity index (χ3n) is 5.36. The molecular weight excluding hydrogens is 370 g/mol. The second-order valence-corrected chi connectivity index (χ2v) is 7.58. The summed E-state index contributed by atoms with van der Waals surface area (Å²) in [6, 6.07) is 4.43. The van der Waals surface area contributed by atoms with Crippen LogP contribution in [0.5, 0.6) is 11.5 Å². The Morgan fingerprint density at radius 1 is 0.958 bits per heavy atom. The molecule has 0 saturated heterocycles. The van der Waals surface area contributed by atoms with E-state index < -0.39 is 0 Å². The Morgan fingerprint density at radius 3 is 1.75 bits per heavy atom. The van der Waals surface area contributed by atoms with Crippen LogP contribution >= 0.6 is 15.9 Å². The van der Waals surface area contributed by atoms with E-state index in [-0.39, 0.29) is 5.91 Å². The Labute approximate surface area is 152 Å². The van der Waals surface area contributed by atoms with Crippen molar-refractivity contribution in [1.82, 2.24) is 4.90 Å². The van der Waals surface area contributed by atoms with Crippen LogP contribution in [-0.4, -0.2) is 37.1 Å². The van der Waals surface area contributed by atoms with Crippen LogP contribution in [0.25, 0.3) is 0 Å². The summed E-state index contributed by atoms with van der Waals surface area (Å²) in [5.74, 6) is 1.39. The number of methoxy groups -OCH3 is 2. The summed E-state index contributed by atoms with van der Waals surface area (Å²) in [6.45, 7) is 0. The minimum atomic E-state index is 0.123. The van der Waals surface area contributed by atoms with Crippen LogP contribution in [0.4, 0.5) is 0 Å². The molecule has 0 heterocycles. The number of rotatable bonds is 5. The summed E-state index contributed by atoms with van der Waals surface area (Å²) >= 11 is 3.48. The first-order valence-electron chi connectivity index (χ1n) is 8.90. The summed E-state index contributed by atoms with van der Waals surface area (Å²) in [5, 5.41) is 0. The number of amides is 1. The van der Waals surface area contributed by atoms with Gasteiger partial charge in [-0.05, 0) is 53.7 Å². The Hall–Kier alpha value is -1.23. The summed E-state index contributed by atoms with van der Waals surface area (Å²) in [7, 11) is 3.22. The molecule has 0 aromatic heterocycles. The number of benzene rings is 1. The molecule has 2 fully saturated rings. The van der Waals surface area contributed by atoms with Crippen molar-refractivity contribution in [3.8, 4) is 11.5 Å². The van der Waals surface area contributed by atoms with Gasteiger partial charge in [-0.3, -0.25) is 4.79 Å². The molecule has 0 radical (unpaired) electrons. The molecule has 2 aliphatic rings. The standard InChI is InChI=1S/C19H26BrNO3/c1-23-16-11-13(12-17(24-2)18(16)20)19(22)21(14-7-3-4-8-14)15-9-5-6-10-15/h11-12,14-15H,3-10H2,1-2H3. The lowest BCUT2D eigenvalue weighted by Gasteiger charge is -2.35. The lowest BCUT2D eigenvalue weighted by atomic mass is 10.1. The van der Waals surface area contributed by atoms with E-state index in [1.807, 2.05) is 12.1 Å². The van der Waals surface area contributed by atoms with Crippen molar-refractivity contribution in [3.63, 3.8) is 0 Å². The highest BCUT2D eigenvalue weighted by atomic mass is 79.9. The molecule has 1 aromatic rings. The van der Waals surface area contributed by atoms with Gasteiger partial charge in [0.05, 0.1) is 14.2 Å². The van der Waals surface area contributed by atoms with Crippen LogP contribution < -0.4 is 9.47 Å². The zero-order valence-electron chi connectivity index (χ0n) is 14.5. The Balaban J connectivity index is 1.94. The van der Waals surface area contributed by atoms with Gasteiger partial charge in [0, 0.05) is 17.6 Å². The molecule has 4 nitrogen and oxygen atoms in total. The molecule has 3 rings (SSSR count). The molecule has 0 aliphatic heterocycles. The molecule has 0 spiro atoms. The van der Waals surface area contributed by atoms with Crippen molar-refractivity contribution in [2.24, 2.45) is 0 Å². The first-order valence-corrected chi connectivity index (χ1v) is 9.69. The van der Waals surface area contributed by atoms with Gasteiger partial charge in [0.15, 0.2) is 0 Å². The molecular formula is C19H26BrNO3. The third-order valence-corrected chi connectivity index (χ3v) is 6.14. The van der Waals surface area contributed by atoms with Crippen LogP contribution in [-0.2, 0) is 0 Å². The normalized spacial score (nSPS) is 18.8. The maximum atomic E-state index is 13.4. The zero-order valence-corrected chi connectivity index (χ0v) is 16.1. The molecule has 132 valence electrons. The minimum Gasteiger partial charge on any atom is -0.495 e. The topological polar surface area (TPSA) is 38.8 Å². The van der Waals surface area contributed by atoms with Crippen molar-refractivity contribution < 1.29 is 14.3 Å². The van der Waals surface area contributed by atoms with Crippen molar-refractivity contribution in [3.05, 3.63) is 22.2 Å². The van der Waals surface area contributed by atoms with Crippen molar-refractivity contribution >= 4 is 21.8 Å². The average Bonchev–Trinajstić information content (AvgIpc) is 3.29. The fraction of sp³-hybridized carbons (Fsp3) is 0.632. The summed E-state index contributed by atoms with van der Waals surface area (Å²) in [4.78, 5) is 15.5. The SMILES string of the molecule is COc1cc(C(=O)N(C2CCCC2)C2CCCC2)cc(OC)c1Br. The molecule has 0 unspecified atom stereocenters. The number of halogens is 1. The molecule has 1 aromatic carbocycles. The van der Waals surface area contributed by atoms with Gasteiger partial charge in [-0.1, -0.05) is 25.7 Å². The van der Waals surface area contributed by atoms with Crippen LogP contribution in [0.15, 0.2) is 16.6 Å². The van der Waals surface area contributed by atoms with Crippen LogP contribution in [0.1, 0.15) is 61.7 Å². The number of carbonyl (C=O) groups excluding carboxylic acids is 1. The maximum Gasteiger partial charge on any atom is 0.254 e. The van der Waals surface area contributed by atoms with Gasteiger partial charge in [0.2, 0.25) is 0 Å². The first kappa shape index (κ1) is 17.6. The molecule has 0 atom stereocenters. The van der Waals surface area contributed by atoms with Crippen molar-refractivity contribution in [2.75, 3.05) is 14.2 Å². The molecule has 0 bridgehead atoms. The second kappa shape index (κ2) is 7.77. The average molecular weight is 396 g/mol. The molecule has 0 N–H and O–H groups in total. The number of carbonyl (C=O) groups is 1. The molecule has 2 saturated carbocycles. The van der Waals surface area contributed by atoms with E-state index >= 15 is 0 Å². The largest absolute Gasteiger partial charge is 0.495 e. The third kappa shape index (κ3) is 3.41. The molecule has 5 heteroatoms. The number of ether oxygens (including phenoxy) is 2. The maximum absolute atomic E-state index is 13.4. The Kier molecular flexibility index (Phi) is 5.69. The van der Waals surface area contributed by atoms with E-state index in [1.165, 1.54) is 25.7 Å². The van der Waals surface area contributed by atoms with E-state index in [9.17, 15) is 4.79 Å². The number of hydrogen-bond acceptors (Lipinski definition) is 3. The second-order valence-electron chi connectivity index (χ2n) is 6.78. The number of hydrogen-bond donors (Lipinski definition) is 0. The van der Waals surface area contributed by atoms with E-state index in [4.69, 9.17) is 9.47 Å². The van der Waals surface area contributed by atoms with Gasteiger partial charge >= 0.3 is 0 Å². The van der Waals surface area contributed by atoms with Gasteiger partial charge in [-0.25, -0.2) is 0 Å². The lowest BCUT2D eigenvalue weighted by Crippen LogP contribution is -2.45. The highest BCUT2D eigenvalue weighted by molar-refractivity contribution is 9.10. The Bertz CT molecular complexity index is 551. The highest BCUT2D eigenvalue weighted by Gasteiger charge is 2.35. The van der Waals surface area contributed by atoms with Crippen molar-refractivity contribution in [2.45, 2.75) is 63.5 Å². The molecule has 24 heavy (non-hydrogen) atoms. The lowest BCUT2D eigenvalue weighted by molar-refractivity contribution is 0.0579. The Morgan fingerprint density at radius 2 is 1.38 bits per heavy atom. The van der Waals surface area contributed by atoms with Crippen LogP contribution in [0, 0.1) is 0 Å². The van der Waals surface area contributed by atoms with E-state index in [0.717, 1.165) is 30.2 Å². The van der Waals surface area contributed by atoms with E-state index in [0.29, 0.717) is 29.1 Å². The quantitative estimate of drug-likeness (QED) is 0.718. The summed E-state index contributed by atoms with van der Waals surface area (Å²) in [6.07, 6.45) is 9.45. The minimum absolute atomic E-state index is 0.123. The summed E-state index contributed by atoms with van der Waals surface area (Å²) < 4.78 is 11.6. The van der Waals surface area contributed by atoms with Gasteiger partial charge in [-0.2, -0.15) is 0 Å². The molecule has 2 aliphatic carbocycles. The predicted molar refractivity (Wildman–Crippen MR) is 97.9 cm³/mol. The van der Waals surface area contributed by atoms with Gasteiger partial charge < -0.3 is 14.4 Å². The van der Waals surface area contributed by atoms with Crippen LogP contribution in [0.3, 0.4) is 0 Å². The summed E-state index contributed by atoms with van der Waals surface area (Å²) in [5.41, 5.74) is 0.658. The monoisotopic (exact) mass is 395 g/mol. The first-order chi connectivity index (χ1) is 11.7. The van der Waals surface area contributed by atoms with Crippen LogP contribution in [0.2, 0.25) is 0 Å². The fourth-order valence-corrected chi connectivity index (χ4v) is 4.69. The van der Waals surface area contributed by atoms with Gasteiger partial charge in [0.25, 0.3) is 5.91 Å². The number of nitrogens with zero attached hydrogens (tertiary/aromatic N) is 1. The zero-order chi connectivity index (χ0) is 17.1. The highest BCUT2D eigenvalue weighted by Crippen LogP contribution is 2.38. The van der Waals surface area contributed by atoms with Crippen molar-refractivity contribution in [1.29, 1.82) is 0 Å². The predicted octanol–water partition coefficient (Wildman–Crippen LogP) is 4.79. The van der Waals surface area contributed by atoms with E-state index in [2.05, 4.69) is 20.8 Å². The van der Waals surface area contributed by atoms with Gasteiger partial charge in [-0.15, -0.1) is 0 Å². The smallest absolute Gasteiger partial charge is 0.254 e. The van der Waals surface area contributed by atoms with E-state index in [1.54, 1.807) is 14.2 Å². The fourth-order valence-electron chi connectivity index (χ4n) is 4.14. The molecule has 1 amide bonds. The van der Waals surface area contributed by atoms with Gasteiger partial charge in [0.1, 0.15) is 16.0 Å².